The third-order valence-electron chi connectivity index (χ3n) is 2.84. The minimum atomic E-state index is -0.301. The van der Waals surface area contributed by atoms with Gasteiger partial charge < -0.3 is 14.5 Å². The minimum absolute atomic E-state index is 0.169. The summed E-state index contributed by atoms with van der Waals surface area (Å²) in [7, 11) is 1.58. The average Bonchev–Trinajstić information content (AvgIpc) is 3.11. The molecule has 2 aromatic rings. The number of hydrogen-bond donors (Lipinski definition) is 1. The molecule has 2 aromatic heterocycles. The first kappa shape index (κ1) is 14.7. The summed E-state index contributed by atoms with van der Waals surface area (Å²) < 4.78 is 14.4. The lowest BCUT2D eigenvalue weighted by Gasteiger charge is -2.13. The Labute approximate surface area is 121 Å². The van der Waals surface area contributed by atoms with Crippen LogP contribution >= 0.6 is 11.5 Å². The number of carbonyl (C=O) groups excluding carboxylic acids is 1. The third kappa shape index (κ3) is 3.43. The van der Waals surface area contributed by atoms with Crippen molar-refractivity contribution < 1.29 is 13.9 Å². The Hall–Kier alpha value is -1.73. The van der Waals surface area contributed by atoms with Gasteiger partial charge in [0.1, 0.15) is 16.7 Å². The Morgan fingerprint density at radius 1 is 1.60 bits per heavy atom. The summed E-state index contributed by atoms with van der Waals surface area (Å²) in [6.07, 6.45) is 2.96. The zero-order valence-corrected chi connectivity index (χ0v) is 12.3. The summed E-state index contributed by atoms with van der Waals surface area (Å²) in [6.45, 7) is 2.38. The van der Waals surface area contributed by atoms with Crippen LogP contribution in [0.1, 0.15) is 40.6 Å². The first-order valence-electron chi connectivity index (χ1n) is 6.41. The quantitative estimate of drug-likeness (QED) is 0.847. The maximum Gasteiger partial charge on any atom is 0.265 e. The number of methoxy groups -OCH3 is 1. The fraction of sp³-hybridized carbons (Fsp3) is 0.462. The number of amides is 1. The van der Waals surface area contributed by atoms with Crippen molar-refractivity contribution in [1.82, 2.24) is 14.9 Å². The highest BCUT2D eigenvalue weighted by atomic mass is 32.1. The summed E-state index contributed by atoms with van der Waals surface area (Å²) >= 11 is 1.12. The number of furan rings is 1. The van der Waals surface area contributed by atoms with Crippen LogP contribution in [-0.2, 0) is 11.2 Å². The van der Waals surface area contributed by atoms with Gasteiger partial charge in [-0.05, 0) is 30.1 Å². The van der Waals surface area contributed by atoms with E-state index in [4.69, 9.17) is 9.15 Å². The lowest BCUT2D eigenvalue weighted by atomic mass is 10.2. The molecule has 0 spiro atoms. The second-order valence-corrected chi connectivity index (χ2v) is 5.00. The van der Waals surface area contributed by atoms with Crippen molar-refractivity contribution in [2.24, 2.45) is 0 Å². The summed E-state index contributed by atoms with van der Waals surface area (Å²) in [5.74, 6) is 0.515. The first-order chi connectivity index (χ1) is 9.76. The SMILES string of the molecule is CCCc1nnsc1C(=O)NCC(OC)c1ccco1. The molecule has 6 nitrogen and oxygen atoms in total. The summed E-state index contributed by atoms with van der Waals surface area (Å²) in [5, 5.41) is 6.81. The van der Waals surface area contributed by atoms with Crippen molar-refractivity contribution in [3.05, 3.63) is 34.7 Å². The summed E-state index contributed by atoms with van der Waals surface area (Å²) in [4.78, 5) is 12.7. The van der Waals surface area contributed by atoms with Gasteiger partial charge in [0.25, 0.3) is 5.91 Å². The molecule has 1 amide bonds. The number of rotatable bonds is 7. The Morgan fingerprint density at radius 2 is 2.45 bits per heavy atom. The van der Waals surface area contributed by atoms with Gasteiger partial charge in [0.15, 0.2) is 0 Å². The molecule has 0 bridgehead atoms. The van der Waals surface area contributed by atoms with Crippen LogP contribution in [0.4, 0.5) is 0 Å². The molecule has 0 saturated carbocycles. The summed E-state index contributed by atoms with van der Waals surface area (Å²) in [6, 6.07) is 3.60. The smallest absolute Gasteiger partial charge is 0.265 e. The van der Waals surface area contributed by atoms with Crippen LogP contribution in [0.3, 0.4) is 0 Å². The molecule has 0 fully saturated rings. The number of hydrogen-bond acceptors (Lipinski definition) is 6. The molecule has 0 radical (unpaired) electrons. The molecular weight excluding hydrogens is 278 g/mol. The highest BCUT2D eigenvalue weighted by Gasteiger charge is 2.19. The van der Waals surface area contributed by atoms with Crippen molar-refractivity contribution in [3.63, 3.8) is 0 Å². The van der Waals surface area contributed by atoms with E-state index in [-0.39, 0.29) is 12.0 Å². The zero-order chi connectivity index (χ0) is 14.4. The second-order valence-electron chi connectivity index (χ2n) is 4.25. The van der Waals surface area contributed by atoms with Gasteiger partial charge in [0.2, 0.25) is 0 Å². The number of aromatic nitrogens is 2. The Balaban J connectivity index is 1.96. The zero-order valence-electron chi connectivity index (χ0n) is 11.5. The standard InChI is InChI=1S/C13H17N3O3S/c1-3-5-9-12(20-16-15-9)13(17)14-8-11(18-2)10-6-4-7-19-10/h4,6-7,11H,3,5,8H2,1-2H3,(H,14,17). The molecular formula is C13H17N3O3S. The van der Waals surface area contributed by atoms with E-state index >= 15 is 0 Å². The van der Waals surface area contributed by atoms with E-state index in [1.54, 1.807) is 19.4 Å². The van der Waals surface area contributed by atoms with Crippen LogP contribution in [-0.4, -0.2) is 29.1 Å². The largest absolute Gasteiger partial charge is 0.467 e. The number of nitrogens with one attached hydrogen (secondary N) is 1. The monoisotopic (exact) mass is 295 g/mol. The Kier molecular flexibility index (Phi) is 5.25. The van der Waals surface area contributed by atoms with Crippen molar-refractivity contribution in [2.75, 3.05) is 13.7 Å². The molecule has 7 heteroatoms. The highest BCUT2D eigenvalue weighted by Crippen LogP contribution is 2.17. The molecule has 1 atom stereocenters. The van der Waals surface area contributed by atoms with E-state index in [9.17, 15) is 4.79 Å². The number of nitrogens with zero attached hydrogens (tertiary/aromatic N) is 2. The Morgan fingerprint density at radius 3 is 3.10 bits per heavy atom. The Bertz CT molecular complexity index is 539. The topological polar surface area (TPSA) is 77.2 Å². The molecule has 0 aliphatic heterocycles. The number of ether oxygens (including phenoxy) is 1. The predicted octanol–water partition coefficient (Wildman–Crippen LogP) is 2.20. The lowest BCUT2D eigenvalue weighted by Crippen LogP contribution is -2.29. The van der Waals surface area contributed by atoms with Gasteiger partial charge >= 0.3 is 0 Å². The molecule has 0 aliphatic rings. The van der Waals surface area contributed by atoms with Gasteiger partial charge in [-0.15, -0.1) is 5.10 Å². The van der Waals surface area contributed by atoms with Crippen LogP contribution in [0.25, 0.3) is 0 Å². The molecule has 108 valence electrons. The molecule has 1 N–H and O–H groups in total. The van der Waals surface area contributed by atoms with Crippen molar-refractivity contribution >= 4 is 17.4 Å². The van der Waals surface area contributed by atoms with Crippen molar-refractivity contribution in [3.8, 4) is 0 Å². The third-order valence-corrected chi connectivity index (χ3v) is 3.61. The first-order valence-corrected chi connectivity index (χ1v) is 7.19. The predicted molar refractivity (Wildman–Crippen MR) is 74.7 cm³/mol. The fourth-order valence-electron chi connectivity index (χ4n) is 1.82. The molecule has 0 aromatic carbocycles. The molecule has 1 unspecified atom stereocenters. The summed E-state index contributed by atoms with van der Waals surface area (Å²) in [5.41, 5.74) is 0.752. The fourth-order valence-corrected chi connectivity index (χ4v) is 2.45. The highest BCUT2D eigenvalue weighted by molar-refractivity contribution is 7.08. The second kappa shape index (κ2) is 7.16. The van der Waals surface area contributed by atoms with Crippen LogP contribution < -0.4 is 5.32 Å². The maximum absolute atomic E-state index is 12.1. The normalized spacial score (nSPS) is 12.3. The molecule has 2 heterocycles. The van der Waals surface area contributed by atoms with E-state index in [0.717, 1.165) is 30.1 Å². The number of carbonyl (C=O) groups is 1. The van der Waals surface area contributed by atoms with Gasteiger partial charge in [-0.3, -0.25) is 4.79 Å². The van der Waals surface area contributed by atoms with Crippen LogP contribution in [0, 0.1) is 0 Å². The van der Waals surface area contributed by atoms with Crippen LogP contribution in [0.5, 0.6) is 0 Å². The number of aryl methyl sites for hydroxylation is 1. The lowest BCUT2D eigenvalue weighted by molar-refractivity contribution is 0.0740. The molecule has 0 aliphatic carbocycles. The van der Waals surface area contributed by atoms with E-state index in [1.165, 1.54) is 0 Å². The maximum atomic E-state index is 12.1. The minimum Gasteiger partial charge on any atom is -0.467 e. The van der Waals surface area contributed by atoms with Crippen molar-refractivity contribution in [2.45, 2.75) is 25.9 Å². The van der Waals surface area contributed by atoms with Gasteiger partial charge in [-0.2, -0.15) is 0 Å². The average molecular weight is 295 g/mol. The molecule has 2 rings (SSSR count). The van der Waals surface area contributed by atoms with E-state index in [1.807, 2.05) is 13.0 Å². The van der Waals surface area contributed by atoms with Gasteiger partial charge in [-0.1, -0.05) is 17.8 Å². The molecule has 20 heavy (non-hydrogen) atoms. The van der Waals surface area contributed by atoms with Gasteiger partial charge in [0, 0.05) is 7.11 Å². The van der Waals surface area contributed by atoms with E-state index < -0.39 is 0 Å². The van der Waals surface area contributed by atoms with Gasteiger partial charge in [-0.25, -0.2) is 0 Å². The molecule has 0 saturated heterocycles. The van der Waals surface area contributed by atoms with Crippen LogP contribution in [0.15, 0.2) is 22.8 Å². The van der Waals surface area contributed by atoms with Crippen molar-refractivity contribution in [1.29, 1.82) is 0 Å². The van der Waals surface area contributed by atoms with Crippen LogP contribution in [0.2, 0.25) is 0 Å². The van der Waals surface area contributed by atoms with Gasteiger partial charge in [0.05, 0.1) is 18.5 Å². The van der Waals surface area contributed by atoms with E-state index in [0.29, 0.717) is 17.2 Å². The van der Waals surface area contributed by atoms with E-state index in [2.05, 4.69) is 14.9 Å².